The largest absolute Gasteiger partial charge is 0.481 e. The number of carboxylic acids is 1. The lowest BCUT2D eigenvalue weighted by molar-refractivity contribution is -0.135. The molecular formula is C26H21FO3. The van der Waals surface area contributed by atoms with E-state index in [1.807, 2.05) is 68.5 Å². The molecule has 3 nitrogen and oxygen atoms in total. The maximum Gasteiger partial charge on any atom is 0.307 e. The SMILES string of the molecule is CC1=C(CC(=O)O)c2cc(F)ccc2/C1=C\c1cccc(Oc2cccc(C)c2)c1. The van der Waals surface area contributed by atoms with E-state index in [1.165, 1.54) is 12.1 Å². The molecule has 1 aliphatic rings. The minimum atomic E-state index is -0.936. The maximum absolute atomic E-state index is 13.8. The first-order chi connectivity index (χ1) is 14.4. The number of fused-ring (bicyclic) bond motifs is 1. The topological polar surface area (TPSA) is 46.5 Å². The van der Waals surface area contributed by atoms with Gasteiger partial charge in [0.1, 0.15) is 17.3 Å². The van der Waals surface area contributed by atoms with Gasteiger partial charge < -0.3 is 9.84 Å². The number of hydrogen-bond acceptors (Lipinski definition) is 2. The van der Waals surface area contributed by atoms with Gasteiger partial charge in [0.15, 0.2) is 0 Å². The number of ether oxygens (including phenoxy) is 1. The molecule has 0 aromatic heterocycles. The van der Waals surface area contributed by atoms with Gasteiger partial charge in [0.25, 0.3) is 0 Å². The summed E-state index contributed by atoms with van der Waals surface area (Å²) in [6, 6.07) is 20.1. The van der Waals surface area contributed by atoms with Gasteiger partial charge in [0.05, 0.1) is 6.42 Å². The molecule has 3 aromatic rings. The highest BCUT2D eigenvalue weighted by molar-refractivity contribution is 6.07. The molecule has 30 heavy (non-hydrogen) atoms. The Morgan fingerprint density at radius 1 is 0.967 bits per heavy atom. The normalized spacial score (nSPS) is 14.2. The number of aryl methyl sites for hydroxylation is 1. The first kappa shape index (κ1) is 19.6. The molecule has 0 bridgehead atoms. The summed E-state index contributed by atoms with van der Waals surface area (Å²) >= 11 is 0. The van der Waals surface area contributed by atoms with E-state index < -0.39 is 5.97 Å². The molecule has 3 aromatic carbocycles. The number of halogens is 1. The molecule has 0 amide bonds. The van der Waals surface area contributed by atoms with Crippen molar-refractivity contribution in [3.63, 3.8) is 0 Å². The lowest BCUT2D eigenvalue weighted by atomic mass is 10.0. The Hall–Kier alpha value is -3.66. The second-order valence-corrected chi connectivity index (χ2v) is 7.41. The third kappa shape index (κ3) is 4.03. The van der Waals surface area contributed by atoms with Crippen molar-refractivity contribution in [2.24, 2.45) is 0 Å². The monoisotopic (exact) mass is 400 g/mol. The third-order valence-corrected chi connectivity index (χ3v) is 5.18. The first-order valence-corrected chi connectivity index (χ1v) is 9.69. The average molecular weight is 400 g/mol. The van der Waals surface area contributed by atoms with E-state index in [1.54, 1.807) is 6.07 Å². The Kier molecular flexibility index (Phi) is 5.23. The standard InChI is InChI=1S/C26H21FO3/c1-16-5-3-7-20(11-16)30-21-8-4-6-18(12-21)13-23-17(2)24(15-26(28)29)25-14-19(27)9-10-22(23)25/h3-14H,15H2,1-2H3,(H,28,29)/b23-13-. The van der Waals surface area contributed by atoms with Gasteiger partial charge in [-0.2, -0.15) is 0 Å². The summed E-state index contributed by atoms with van der Waals surface area (Å²) in [5.41, 5.74) is 5.92. The Balaban J connectivity index is 1.72. The molecule has 4 rings (SSSR count). The summed E-state index contributed by atoms with van der Waals surface area (Å²) in [7, 11) is 0. The van der Waals surface area contributed by atoms with Gasteiger partial charge in [-0.25, -0.2) is 4.39 Å². The van der Waals surface area contributed by atoms with E-state index in [4.69, 9.17) is 4.74 Å². The van der Waals surface area contributed by atoms with Crippen molar-refractivity contribution in [2.45, 2.75) is 20.3 Å². The van der Waals surface area contributed by atoms with E-state index in [-0.39, 0.29) is 12.2 Å². The number of aliphatic carboxylic acids is 1. The van der Waals surface area contributed by atoms with Crippen LogP contribution in [-0.4, -0.2) is 11.1 Å². The van der Waals surface area contributed by atoms with Crippen molar-refractivity contribution in [3.8, 4) is 11.5 Å². The fourth-order valence-corrected chi connectivity index (χ4v) is 3.78. The minimum absolute atomic E-state index is 0.143. The number of rotatable bonds is 5. The lowest BCUT2D eigenvalue weighted by Crippen LogP contribution is -1.97. The molecule has 0 heterocycles. The van der Waals surface area contributed by atoms with E-state index in [2.05, 4.69) is 0 Å². The summed E-state index contributed by atoms with van der Waals surface area (Å²) in [6.45, 7) is 3.90. The van der Waals surface area contributed by atoms with Gasteiger partial charge in [-0.3, -0.25) is 4.79 Å². The van der Waals surface area contributed by atoms with Crippen LogP contribution in [0.1, 0.15) is 35.6 Å². The highest BCUT2D eigenvalue weighted by atomic mass is 19.1. The quantitative estimate of drug-likeness (QED) is 0.516. The third-order valence-electron chi connectivity index (χ3n) is 5.18. The van der Waals surface area contributed by atoms with Crippen molar-refractivity contribution in [2.75, 3.05) is 0 Å². The number of carbonyl (C=O) groups is 1. The van der Waals surface area contributed by atoms with Gasteiger partial charge >= 0.3 is 5.97 Å². The molecule has 150 valence electrons. The Morgan fingerprint density at radius 3 is 2.43 bits per heavy atom. The van der Waals surface area contributed by atoms with Crippen molar-refractivity contribution >= 4 is 23.2 Å². The van der Waals surface area contributed by atoms with Gasteiger partial charge in [-0.15, -0.1) is 0 Å². The fourth-order valence-electron chi connectivity index (χ4n) is 3.78. The summed E-state index contributed by atoms with van der Waals surface area (Å²) in [5, 5.41) is 9.29. The van der Waals surface area contributed by atoms with Crippen molar-refractivity contribution < 1.29 is 19.0 Å². The summed E-state index contributed by atoms with van der Waals surface area (Å²) in [4.78, 5) is 11.3. The van der Waals surface area contributed by atoms with E-state index in [9.17, 15) is 14.3 Å². The molecule has 0 saturated heterocycles. The molecule has 0 atom stereocenters. The molecule has 0 unspecified atom stereocenters. The van der Waals surface area contributed by atoms with Crippen LogP contribution >= 0.6 is 0 Å². The lowest BCUT2D eigenvalue weighted by Gasteiger charge is -2.08. The van der Waals surface area contributed by atoms with Crippen LogP contribution in [0.3, 0.4) is 0 Å². The Bertz CT molecular complexity index is 1200. The molecule has 1 N–H and O–H groups in total. The fraction of sp³-hybridized carbons (Fsp3) is 0.115. The Morgan fingerprint density at radius 2 is 1.70 bits per heavy atom. The predicted molar refractivity (Wildman–Crippen MR) is 117 cm³/mol. The van der Waals surface area contributed by atoms with Crippen molar-refractivity contribution in [1.29, 1.82) is 0 Å². The van der Waals surface area contributed by atoms with Gasteiger partial charge in [-0.05, 0) is 95.3 Å². The van der Waals surface area contributed by atoms with E-state index in [0.717, 1.165) is 33.6 Å². The number of allylic oxidation sites excluding steroid dienone is 2. The molecule has 0 aliphatic heterocycles. The van der Waals surface area contributed by atoms with E-state index >= 15 is 0 Å². The van der Waals surface area contributed by atoms with Crippen LogP contribution in [0, 0.1) is 12.7 Å². The molecule has 0 fully saturated rings. The highest BCUT2D eigenvalue weighted by Crippen LogP contribution is 2.44. The van der Waals surface area contributed by atoms with Gasteiger partial charge in [0.2, 0.25) is 0 Å². The molecule has 4 heteroatoms. The van der Waals surface area contributed by atoms with Crippen LogP contribution in [0.2, 0.25) is 0 Å². The second-order valence-electron chi connectivity index (χ2n) is 7.41. The smallest absolute Gasteiger partial charge is 0.307 e. The predicted octanol–water partition coefficient (Wildman–Crippen LogP) is 6.73. The first-order valence-electron chi connectivity index (χ1n) is 9.69. The highest BCUT2D eigenvalue weighted by Gasteiger charge is 2.25. The van der Waals surface area contributed by atoms with Crippen LogP contribution in [0.5, 0.6) is 11.5 Å². The van der Waals surface area contributed by atoms with Crippen molar-refractivity contribution in [1.82, 2.24) is 0 Å². The molecule has 0 saturated carbocycles. The molecule has 0 radical (unpaired) electrons. The molecular weight excluding hydrogens is 379 g/mol. The molecule has 1 aliphatic carbocycles. The van der Waals surface area contributed by atoms with E-state index in [0.29, 0.717) is 16.9 Å². The number of benzene rings is 3. The van der Waals surface area contributed by atoms with Crippen LogP contribution < -0.4 is 4.74 Å². The minimum Gasteiger partial charge on any atom is -0.481 e. The summed E-state index contributed by atoms with van der Waals surface area (Å²) in [6.07, 6.45) is 1.85. The zero-order valence-electron chi connectivity index (χ0n) is 16.8. The van der Waals surface area contributed by atoms with Crippen LogP contribution in [0.4, 0.5) is 4.39 Å². The number of carboxylic acid groups (broad SMARTS) is 1. The van der Waals surface area contributed by atoms with Crippen LogP contribution in [0.25, 0.3) is 17.2 Å². The molecule has 0 spiro atoms. The second kappa shape index (κ2) is 7.99. The Labute approximate surface area is 174 Å². The zero-order chi connectivity index (χ0) is 21.3. The zero-order valence-corrected chi connectivity index (χ0v) is 16.8. The van der Waals surface area contributed by atoms with Gasteiger partial charge in [0, 0.05) is 0 Å². The van der Waals surface area contributed by atoms with Gasteiger partial charge in [-0.1, -0.05) is 30.3 Å². The summed E-state index contributed by atoms with van der Waals surface area (Å²) < 4.78 is 19.8. The van der Waals surface area contributed by atoms with Crippen LogP contribution in [-0.2, 0) is 4.79 Å². The van der Waals surface area contributed by atoms with Crippen molar-refractivity contribution in [3.05, 3.63) is 100 Å². The maximum atomic E-state index is 13.8. The average Bonchev–Trinajstić information content (AvgIpc) is 2.93. The summed E-state index contributed by atoms with van der Waals surface area (Å²) in [5.74, 6) is 0.162. The number of hydrogen-bond donors (Lipinski definition) is 1. The van der Waals surface area contributed by atoms with Crippen LogP contribution in [0.15, 0.2) is 72.3 Å².